The van der Waals surface area contributed by atoms with Crippen LogP contribution in [0.4, 0.5) is 4.79 Å². The summed E-state index contributed by atoms with van der Waals surface area (Å²) >= 11 is 6.07. The highest BCUT2D eigenvalue weighted by molar-refractivity contribution is 6.31. The second-order valence-electron chi connectivity index (χ2n) is 9.51. The summed E-state index contributed by atoms with van der Waals surface area (Å²) in [4.78, 5) is 30.2. The Kier molecular flexibility index (Phi) is 4.39. The normalized spacial score (nSPS) is 31.1. The van der Waals surface area contributed by atoms with E-state index in [9.17, 15) is 9.59 Å². The Morgan fingerprint density at radius 3 is 2.45 bits per heavy atom. The van der Waals surface area contributed by atoms with Crippen LogP contribution in [0.3, 0.4) is 0 Å². The van der Waals surface area contributed by atoms with Crippen LogP contribution in [0.1, 0.15) is 57.3 Å². The van der Waals surface area contributed by atoms with Gasteiger partial charge in [0, 0.05) is 17.6 Å². The lowest BCUT2D eigenvalue weighted by Crippen LogP contribution is -2.61. The van der Waals surface area contributed by atoms with Crippen molar-refractivity contribution in [2.45, 2.75) is 57.0 Å². The van der Waals surface area contributed by atoms with Crippen molar-refractivity contribution in [3.63, 3.8) is 0 Å². The van der Waals surface area contributed by atoms with Gasteiger partial charge < -0.3 is 10.6 Å². The Morgan fingerprint density at radius 2 is 1.83 bits per heavy atom. The Hall–Kier alpha value is -2.08. The number of rotatable bonds is 3. The van der Waals surface area contributed by atoms with Gasteiger partial charge in [0.05, 0.1) is 16.9 Å². The van der Waals surface area contributed by atoms with E-state index < -0.39 is 6.04 Å². The molecule has 7 heteroatoms. The smallest absolute Gasteiger partial charge is 0.315 e. The topological polar surface area (TPSA) is 76.0 Å². The van der Waals surface area contributed by atoms with Gasteiger partial charge >= 0.3 is 6.03 Å². The van der Waals surface area contributed by atoms with E-state index in [-0.39, 0.29) is 17.1 Å². The maximum absolute atomic E-state index is 12.9. The van der Waals surface area contributed by atoms with Crippen LogP contribution in [0.25, 0.3) is 10.9 Å². The third-order valence-electron chi connectivity index (χ3n) is 7.23. The Labute approximate surface area is 175 Å². The summed E-state index contributed by atoms with van der Waals surface area (Å²) in [5, 5.41) is 7.38. The summed E-state index contributed by atoms with van der Waals surface area (Å²) < 4.78 is 1.51. The number of carbonyl (C=O) groups is 1. The molecular weight excluding hydrogens is 388 g/mol. The van der Waals surface area contributed by atoms with Gasteiger partial charge in [-0.2, -0.15) is 0 Å². The van der Waals surface area contributed by atoms with E-state index in [1.807, 2.05) is 6.92 Å². The standard InChI is InChI=1S/C22H27ClN4O2/c1-12(19-25-18-8-16(23)3-4-17(18)20(28)27(19)2)24-21(29)26-22-9-13-5-14(10-22)7-15(6-13)11-22/h3-4,8,12-15H,5-7,9-11H2,1-2H3,(H2,24,26,29). The predicted octanol–water partition coefficient (Wildman–Crippen LogP) is 3.92. The molecule has 4 aliphatic carbocycles. The number of hydrogen-bond donors (Lipinski definition) is 2. The molecule has 1 heterocycles. The van der Waals surface area contributed by atoms with Crippen LogP contribution in [0.15, 0.2) is 23.0 Å². The van der Waals surface area contributed by atoms with Crippen molar-refractivity contribution in [2.24, 2.45) is 24.8 Å². The number of nitrogens with one attached hydrogen (secondary N) is 2. The summed E-state index contributed by atoms with van der Waals surface area (Å²) in [6.45, 7) is 1.86. The summed E-state index contributed by atoms with van der Waals surface area (Å²) in [5.41, 5.74) is 0.358. The molecule has 2 N–H and O–H groups in total. The summed E-state index contributed by atoms with van der Waals surface area (Å²) in [7, 11) is 1.69. The molecule has 29 heavy (non-hydrogen) atoms. The van der Waals surface area contributed by atoms with Crippen LogP contribution in [0, 0.1) is 17.8 Å². The minimum Gasteiger partial charge on any atom is -0.333 e. The molecule has 1 unspecified atom stereocenters. The molecule has 4 fully saturated rings. The first-order valence-electron chi connectivity index (χ1n) is 10.6. The molecule has 0 radical (unpaired) electrons. The van der Waals surface area contributed by atoms with Crippen molar-refractivity contribution < 1.29 is 4.79 Å². The Morgan fingerprint density at radius 1 is 1.21 bits per heavy atom. The largest absolute Gasteiger partial charge is 0.333 e. The highest BCUT2D eigenvalue weighted by Crippen LogP contribution is 2.55. The number of amides is 2. The lowest BCUT2D eigenvalue weighted by atomic mass is 9.53. The molecule has 0 aliphatic heterocycles. The molecule has 2 amide bonds. The molecule has 1 atom stereocenters. The van der Waals surface area contributed by atoms with Crippen molar-refractivity contribution in [3.05, 3.63) is 39.4 Å². The molecule has 4 saturated carbocycles. The molecule has 2 aromatic rings. The third kappa shape index (κ3) is 3.31. The summed E-state index contributed by atoms with van der Waals surface area (Å²) in [6, 6.07) is 4.50. The SMILES string of the molecule is CC(NC(=O)NC12CC3CC(CC(C3)C1)C2)c1nc2cc(Cl)ccc2c(=O)n1C. The van der Waals surface area contributed by atoms with Crippen LogP contribution < -0.4 is 16.2 Å². The summed E-state index contributed by atoms with van der Waals surface area (Å²) in [6.07, 6.45) is 7.32. The first-order chi connectivity index (χ1) is 13.8. The van der Waals surface area contributed by atoms with Gasteiger partial charge in [-0.25, -0.2) is 9.78 Å². The molecule has 154 valence electrons. The van der Waals surface area contributed by atoms with Crippen molar-refractivity contribution in [1.82, 2.24) is 20.2 Å². The molecule has 0 saturated heterocycles. The fourth-order valence-corrected chi connectivity index (χ4v) is 6.62. The molecule has 6 rings (SSSR count). The number of aromatic nitrogens is 2. The minimum absolute atomic E-state index is 0.0469. The van der Waals surface area contributed by atoms with Crippen LogP contribution >= 0.6 is 11.6 Å². The lowest BCUT2D eigenvalue weighted by Gasteiger charge is -2.56. The molecule has 0 spiro atoms. The van der Waals surface area contributed by atoms with Crippen LogP contribution in [0.5, 0.6) is 0 Å². The highest BCUT2D eigenvalue weighted by Gasteiger charge is 2.51. The Balaban J connectivity index is 1.35. The van der Waals surface area contributed by atoms with E-state index in [4.69, 9.17) is 11.6 Å². The van der Waals surface area contributed by atoms with E-state index in [0.29, 0.717) is 21.7 Å². The Bertz CT molecular complexity index is 1010. The predicted molar refractivity (Wildman–Crippen MR) is 113 cm³/mol. The van der Waals surface area contributed by atoms with Gasteiger partial charge in [0.2, 0.25) is 0 Å². The number of nitrogens with zero attached hydrogens (tertiary/aromatic N) is 2. The second kappa shape index (κ2) is 6.73. The molecule has 6 nitrogen and oxygen atoms in total. The average Bonchev–Trinajstić information content (AvgIpc) is 2.62. The van der Waals surface area contributed by atoms with E-state index >= 15 is 0 Å². The zero-order valence-corrected chi connectivity index (χ0v) is 17.6. The van der Waals surface area contributed by atoms with Crippen LogP contribution in [-0.4, -0.2) is 21.1 Å². The van der Waals surface area contributed by atoms with E-state index in [2.05, 4.69) is 15.6 Å². The van der Waals surface area contributed by atoms with Crippen molar-refractivity contribution >= 4 is 28.5 Å². The number of hydrogen-bond acceptors (Lipinski definition) is 3. The first kappa shape index (κ1) is 18.9. The average molecular weight is 415 g/mol. The zero-order chi connectivity index (χ0) is 20.3. The molecule has 1 aromatic heterocycles. The van der Waals surface area contributed by atoms with Crippen molar-refractivity contribution in [1.29, 1.82) is 0 Å². The third-order valence-corrected chi connectivity index (χ3v) is 7.46. The van der Waals surface area contributed by atoms with Gasteiger partial charge in [-0.05, 0) is 81.4 Å². The van der Waals surface area contributed by atoms with Gasteiger partial charge in [0.25, 0.3) is 5.56 Å². The van der Waals surface area contributed by atoms with Gasteiger partial charge in [-0.3, -0.25) is 9.36 Å². The van der Waals surface area contributed by atoms with Crippen LogP contribution in [-0.2, 0) is 7.05 Å². The highest BCUT2D eigenvalue weighted by atomic mass is 35.5. The molecule has 4 bridgehead atoms. The second-order valence-corrected chi connectivity index (χ2v) is 9.95. The van der Waals surface area contributed by atoms with E-state index in [1.165, 1.54) is 23.8 Å². The number of halogens is 1. The van der Waals surface area contributed by atoms with Crippen LogP contribution in [0.2, 0.25) is 5.02 Å². The lowest BCUT2D eigenvalue weighted by molar-refractivity contribution is -0.0136. The number of urea groups is 1. The monoisotopic (exact) mass is 414 g/mol. The van der Waals surface area contributed by atoms with Crippen molar-refractivity contribution in [2.75, 3.05) is 0 Å². The van der Waals surface area contributed by atoms with Gasteiger partial charge in [0.15, 0.2) is 0 Å². The molecule has 1 aromatic carbocycles. The molecule has 4 aliphatic rings. The number of fused-ring (bicyclic) bond motifs is 1. The summed E-state index contributed by atoms with van der Waals surface area (Å²) in [5.74, 6) is 2.83. The maximum Gasteiger partial charge on any atom is 0.315 e. The quantitative estimate of drug-likeness (QED) is 0.799. The van der Waals surface area contributed by atoms with Gasteiger partial charge in [-0.1, -0.05) is 11.6 Å². The molecular formula is C22H27ClN4O2. The maximum atomic E-state index is 12.9. The zero-order valence-electron chi connectivity index (χ0n) is 16.9. The van der Waals surface area contributed by atoms with E-state index in [0.717, 1.165) is 37.0 Å². The van der Waals surface area contributed by atoms with Gasteiger partial charge in [0.1, 0.15) is 5.82 Å². The number of carbonyl (C=O) groups excluding carboxylic acids is 1. The fourth-order valence-electron chi connectivity index (χ4n) is 6.45. The minimum atomic E-state index is -0.398. The first-order valence-corrected chi connectivity index (χ1v) is 10.9. The van der Waals surface area contributed by atoms with E-state index in [1.54, 1.807) is 25.2 Å². The van der Waals surface area contributed by atoms with Gasteiger partial charge in [-0.15, -0.1) is 0 Å². The van der Waals surface area contributed by atoms with Crippen molar-refractivity contribution in [3.8, 4) is 0 Å². The fraction of sp³-hybridized carbons (Fsp3) is 0.591. The number of benzene rings is 1.